The van der Waals surface area contributed by atoms with E-state index in [1.807, 2.05) is 6.07 Å². The molecule has 1 heterocycles. The fourth-order valence-electron chi connectivity index (χ4n) is 1.47. The van der Waals surface area contributed by atoms with E-state index in [0.29, 0.717) is 11.3 Å². The number of hydrogen-bond acceptors (Lipinski definition) is 5. The first-order valence-electron chi connectivity index (χ1n) is 6.28. The van der Waals surface area contributed by atoms with E-state index in [4.69, 9.17) is 15.1 Å². The van der Waals surface area contributed by atoms with Crippen LogP contribution in [0.1, 0.15) is 32.0 Å². The van der Waals surface area contributed by atoms with Gasteiger partial charge in [-0.15, -0.1) is 0 Å². The largest absolute Gasteiger partial charge is 0.480 e. The molecule has 7 heteroatoms. The SMILES string of the molecule is CC(C)(C)OC(=O)N[C@@H](Cc1ccc(C#N)cn1)C(=O)O. The molecule has 2 N–H and O–H groups in total. The number of pyridine rings is 1. The number of nitriles is 1. The number of aromatic nitrogens is 1. The van der Waals surface area contributed by atoms with Gasteiger partial charge in [0.05, 0.1) is 5.56 Å². The Balaban J connectivity index is 2.72. The van der Waals surface area contributed by atoms with Crippen LogP contribution in [0.25, 0.3) is 0 Å². The number of amides is 1. The van der Waals surface area contributed by atoms with Crippen LogP contribution in [-0.2, 0) is 16.0 Å². The summed E-state index contributed by atoms with van der Waals surface area (Å²) in [6.45, 7) is 5.06. The first-order chi connectivity index (χ1) is 9.71. The van der Waals surface area contributed by atoms with Crippen LogP contribution in [0.2, 0.25) is 0 Å². The molecule has 0 spiro atoms. The van der Waals surface area contributed by atoms with E-state index in [9.17, 15) is 9.59 Å². The minimum Gasteiger partial charge on any atom is -0.480 e. The van der Waals surface area contributed by atoms with Crippen LogP contribution in [0, 0.1) is 11.3 Å². The number of carboxylic acid groups (broad SMARTS) is 1. The highest BCUT2D eigenvalue weighted by molar-refractivity contribution is 5.80. The Morgan fingerprint density at radius 1 is 1.48 bits per heavy atom. The predicted molar refractivity (Wildman–Crippen MR) is 73.4 cm³/mol. The van der Waals surface area contributed by atoms with Gasteiger partial charge in [0.2, 0.25) is 0 Å². The second-order valence-electron chi connectivity index (χ2n) is 5.39. The monoisotopic (exact) mass is 291 g/mol. The summed E-state index contributed by atoms with van der Waals surface area (Å²) in [6, 6.07) is 3.85. The molecule has 0 saturated carbocycles. The van der Waals surface area contributed by atoms with E-state index in [-0.39, 0.29) is 6.42 Å². The third-order valence-electron chi connectivity index (χ3n) is 2.36. The summed E-state index contributed by atoms with van der Waals surface area (Å²) in [5.41, 5.74) is 0.128. The maximum atomic E-state index is 11.6. The summed E-state index contributed by atoms with van der Waals surface area (Å²) in [7, 11) is 0. The molecule has 1 aromatic heterocycles. The van der Waals surface area contributed by atoms with Gasteiger partial charge in [-0.05, 0) is 32.9 Å². The molecule has 0 aliphatic carbocycles. The first kappa shape index (κ1) is 16.4. The molecule has 1 aromatic rings. The molecule has 0 aliphatic rings. The van der Waals surface area contributed by atoms with Crippen LogP contribution in [0.3, 0.4) is 0 Å². The van der Waals surface area contributed by atoms with Crippen molar-refractivity contribution < 1.29 is 19.4 Å². The molecule has 0 bridgehead atoms. The van der Waals surface area contributed by atoms with Gasteiger partial charge >= 0.3 is 12.1 Å². The molecule has 1 amide bonds. The Kier molecular flexibility index (Phi) is 5.24. The summed E-state index contributed by atoms with van der Waals surface area (Å²) in [5.74, 6) is -1.19. The van der Waals surface area contributed by atoms with Crippen LogP contribution >= 0.6 is 0 Å². The minimum atomic E-state index is -1.19. The highest BCUT2D eigenvalue weighted by Gasteiger charge is 2.24. The number of aliphatic carboxylic acids is 1. The number of nitrogens with zero attached hydrogens (tertiary/aromatic N) is 2. The molecule has 0 aliphatic heterocycles. The zero-order valence-electron chi connectivity index (χ0n) is 12.1. The summed E-state index contributed by atoms with van der Waals surface area (Å²) >= 11 is 0. The molecule has 0 radical (unpaired) electrons. The topological polar surface area (TPSA) is 112 Å². The molecular weight excluding hydrogens is 274 g/mol. The van der Waals surface area contributed by atoms with E-state index >= 15 is 0 Å². The van der Waals surface area contributed by atoms with Gasteiger partial charge in [-0.3, -0.25) is 4.98 Å². The fraction of sp³-hybridized carbons (Fsp3) is 0.429. The average molecular weight is 291 g/mol. The fourth-order valence-corrected chi connectivity index (χ4v) is 1.47. The third-order valence-corrected chi connectivity index (χ3v) is 2.36. The summed E-state index contributed by atoms with van der Waals surface area (Å²) in [6.07, 6.45) is 0.547. The van der Waals surface area contributed by atoms with Crippen molar-refractivity contribution in [3.63, 3.8) is 0 Å². The quantitative estimate of drug-likeness (QED) is 0.868. The molecule has 1 atom stereocenters. The molecule has 112 valence electrons. The highest BCUT2D eigenvalue weighted by atomic mass is 16.6. The number of ether oxygens (including phenoxy) is 1. The molecule has 7 nitrogen and oxygen atoms in total. The molecule has 21 heavy (non-hydrogen) atoms. The lowest BCUT2D eigenvalue weighted by Crippen LogP contribution is -2.44. The molecule has 0 aromatic carbocycles. The van der Waals surface area contributed by atoms with Gasteiger partial charge in [0.1, 0.15) is 17.7 Å². The van der Waals surface area contributed by atoms with Crippen LogP contribution in [0.5, 0.6) is 0 Å². The Morgan fingerprint density at radius 2 is 2.14 bits per heavy atom. The van der Waals surface area contributed by atoms with Gasteiger partial charge in [-0.2, -0.15) is 5.26 Å². The standard InChI is InChI=1S/C14H17N3O4/c1-14(2,3)21-13(20)17-11(12(18)19)6-10-5-4-9(7-15)8-16-10/h4-5,8,11H,6H2,1-3H3,(H,17,20)(H,18,19)/t11-/m0/s1. The molecular formula is C14H17N3O4. The average Bonchev–Trinajstić information content (AvgIpc) is 2.36. The van der Waals surface area contributed by atoms with Crippen molar-refractivity contribution in [3.05, 3.63) is 29.6 Å². The van der Waals surface area contributed by atoms with Crippen molar-refractivity contribution in [1.29, 1.82) is 5.26 Å². The lowest BCUT2D eigenvalue weighted by atomic mass is 10.1. The predicted octanol–water partition coefficient (Wildman–Crippen LogP) is 1.47. The lowest BCUT2D eigenvalue weighted by molar-refractivity contribution is -0.139. The highest BCUT2D eigenvalue weighted by Crippen LogP contribution is 2.08. The Morgan fingerprint density at radius 3 is 2.57 bits per heavy atom. The molecule has 0 unspecified atom stereocenters. The third kappa shape index (κ3) is 5.91. The van der Waals surface area contributed by atoms with Crippen LogP contribution in [0.15, 0.2) is 18.3 Å². The van der Waals surface area contributed by atoms with E-state index < -0.39 is 23.7 Å². The molecule has 0 saturated heterocycles. The van der Waals surface area contributed by atoms with Gasteiger partial charge < -0.3 is 15.2 Å². The number of hydrogen-bond donors (Lipinski definition) is 2. The zero-order valence-corrected chi connectivity index (χ0v) is 12.1. The number of carbonyl (C=O) groups excluding carboxylic acids is 1. The second-order valence-corrected chi connectivity index (χ2v) is 5.39. The summed E-state index contributed by atoms with van der Waals surface area (Å²) in [4.78, 5) is 26.8. The summed E-state index contributed by atoms with van der Waals surface area (Å²) in [5, 5.41) is 20.1. The number of nitrogens with one attached hydrogen (secondary N) is 1. The maximum absolute atomic E-state index is 11.6. The Hall–Kier alpha value is -2.62. The van der Waals surface area contributed by atoms with Crippen molar-refractivity contribution >= 4 is 12.1 Å². The first-order valence-corrected chi connectivity index (χ1v) is 6.28. The minimum absolute atomic E-state index is 0.000283. The number of carbonyl (C=O) groups is 2. The second kappa shape index (κ2) is 6.70. The van der Waals surface area contributed by atoms with Crippen molar-refractivity contribution in [2.24, 2.45) is 0 Å². The van der Waals surface area contributed by atoms with Gasteiger partial charge in [0.25, 0.3) is 0 Å². The van der Waals surface area contributed by atoms with Crippen LogP contribution in [0.4, 0.5) is 4.79 Å². The van der Waals surface area contributed by atoms with E-state index in [1.54, 1.807) is 26.8 Å². The van der Waals surface area contributed by atoms with Gasteiger partial charge in [0.15, 0.2) is 0 Å². The number of alkyl carbamates (subject to hydrolysis) is 1. The van der Waals surface area contributed by atoms with Crippen LogP contribution < -0.4 is 5.32 Å². The number of rotatable bonds is 4. The Labute approximate surface area is 122 Å². The number of carboxylic acids is 1. The van der Waals surface area contributed by atoms with Gasteiger partial charge in [-0.25, -0.2) is 9.59 Å². The van der Waals surface area contributed by atoms with Crippen molar-refractivity contribution in [2.45, 2.75) is 38.8 Å². The Bertz CT molecular complexity index is 555. The van der Waals surface area contributed by atoms with Crippen molar-refractivity contribution in [2.75, 3.05) is 0 Å². The van der Waals surface area contributed by atoms with Gasteiger partial charge in [0, 0.05) is 18.3 Å². The molecule has 1 rings (SSSR count). The maximum Gasteiger partial charge on any atom is 0.408 e. The normalized spacial score (nSPS) is 12.1. The zero-order chi connectivity index (χ0) is 16.0. The smallest absolute Gasteiger partial charge is 0.408 e. The van der Waals surface area contributed by atoms with E-state index in [1.165, 1.54) is 12.3 Å². The van der Waals surface area contributed by atoms with Crippen molar-refractivity contribution in [1.82, 2.24) is 10.3 Å². The van der Waals surface area contributed by atoms with Gasteiger partial charge in [-0.1, -0.05) is 0 Å². The molecule has 0 fully saturated rings. The van der Waals surface area contributed by atoms with E-state index in [0.717, 1.165) is 0 Å². The van der Waals surface area contributed by atoms with Crippen molar-refractivity contribution in [3.8, 4) is 6.07 Å². The lowest BCUT2D eigenvalue weighted by Gasteiger charge is -2.21. The van der Waals surface area contributed by atoms with Crippen LogP contribution in [-0.4, -0.2) is 33.8 Å². The van der Waals surface area contributed by atoms with E-state index in [2.05, 4.69) is 10.3 Å². The summed E-state index contributed by atoms with van der Waals surface area (Å²) < 4.78 is 5.02.